The quantitative estimate of drug-likeness (QED) is 0.512. The molecule has 5 nitrogen and oxygen atoms in total. The highest BCUT2D eigenvalue weighted by Crippen LogP contribution is 2.26. The molecular weight excluding hydrogens is 190 g/mol. The molecule has 0 unspecified atom stereocenters. The minimum Gasteiger partial charge on any atom is -0.369 e. The van der Waals surface area contributed by atoms with Crippen LogP contribution in [0.3, 0.4) is 0 Å². The molecule has 1 saturated carbocycles. The van der Waals surface area contributed by atoms with E-state index in [0.29, 0.717) is 5.95 Å². The zero-order chi connectivity index (χ0) is 10.7. The van der Waals surface area contributed by atoms with Gasteiger partial charge < -0.3 is 5.32 Å². The van der Waals surface area contributed by atoms with Crippen LogP contribution in [0.2, 0.25) is 0 Å². The van der Waals surface area contributed by atoms with Crippen molar-refractivity contribution in [2.24, 2.45) is 11.8 Å². The van der Waals surface area contributed by atoms with Gasteiger partial charge in [-0.1, -0.05) is 6.42 Å². The Morgan fingerprint density at radius 3 is 2.93 bits per heavy atom. The Kier molecular flexibility index (Phi) is 3.01. The molecule has 15 heavy (non-hydrogen) atoms. The molecule has 4 N–H and O–H groups in total. The topological polar surface area (TPSA) is 75.9 Å². The molecule has 0 amide bonds. The molecule has 0 radical (unpaired) electrons. The molecule has 1 aromatic rings. The van der Waals surface area contributed by atoms with Crippen LogP contribution >= 0.6 is 0 Å². The maximum Gasteiger partial charge on any atom is 0.239 e. The van der Waals surface area contributed by atoms with E-state index in [9.17, 15) is 0 Å². The van der Waals surface area contributed by atoms with E-state index in [0.717, 1.165) is 23.8 Å². The number of anilines is 2. The molecule has 5 heteroatoms. The average Bonchev–Trinajstić information content (AvgIpc) is 2.18. The van der Waals surface area contributed by atoms with Crippen LogP contribution in [0.4, 0.5) is 11.8 Å². The Morgan fingerprint density at radius 1 is 1.53 bits per heavy atom. The van der Waals surface area contributed by atoms with Gasteiger partial charge in [-0.2, -0.15) is 4.98 Å². The molecule has 0 aromatic carbocycles. The van der Waals surface area contributed by atoms with Crippen molar-refractivity contribution in [2.45, 2.75) is 26.2 Å². The fraction of sp³-hybridized carbons (Fsp3) is 0.600. The van der Waals surface area contributed by atoms with Crippen molar-refractivity contribution in [1.29, 1.82) is 0 Å². The molecule has 2 rings (SSSR count). The van der Waals surface area contributed by atoms with Crippen molar-refractivity contribution in [3.05, 3.63) is 11.8 Å². The summed E-state index contributed by atoms with van der Waals surface area (Å²) in [5, 5.41) is 3.34. The van der Waals surface area contributed by atoms with Crippen molar-refractivity contribution in [1.82, 2.24) is 9.97 Å². The van der Waals surface area contributed by atoms with E-state index in [1.54, 1.807) is 6.20 Å². The normalized spacial score (nSPS) is 15.9. The first kappa shape index (κ1) is 10.2. The lowest BCUT2D eigenvalue weighted by atomic mass is 9.85. The Labute approximate surface area is 89.5 Å². The third kappa shape index (κ3) is 2.36. The Morgan fingerprint density at radius 2 is 2.33 bits per heavy atom. The fourth-order valence-electron chi connectivity index (χ4n) is 1.63. The molecule has 1 fully saturated rings. The number of aromatic nitrogens is 2. The van der Waals surface area contributed by atoms with E-state index in [4.69, 9.17) is 5.84 Å². The molecule has 0 saturated heterocycles. The second-order valence-electron chi connectivity index (χ2n) is 4.05. The SMILES string of the molecule is Cc1cnc(NN)nc1NCC1CCC1. The maximum atomic E-state index is 5.26. The van der Waals surface area contributed by atoms with Gasteiger partial charge in [-0.3, -0.25) is 5.43 Å². The summed E-state index contributed by atoms with van der Waals surface area (Å²) in [6.45, 7) is 2.99. The number of rotatable bonds is 4. The van der Waals surface area contributed by atoms with Crippen LogP contribution in [0.1, 0.15) is 24.8 Å². The Balaban J connectivity index is 1.98. The molecule has 82 valence electrons. The number of nitrogens with zero attached hydrogens (tertiary/aromatic N) is 2. The van der Waals surface area contributed by atoms with Gasteiger partial charge in [0.2, 0.25) is 5.95 Å². The second kappa shape index (κ2) is 4.44. The molecule has 1 aliphatic rings. The van der Waals surface area contributed by atoms with E-state index >= 15 is 0 Å². The van der Waals surface area contributed by atoms with Gasteiger partial charge in [0.15, 0.2) is 0 Å². The van der Waals surface area contributed by atoms with Crippen LogP contribution in [0.25, 0.3) is 0 Å². The smallest absolute Gasteiger partial charge is 0.239 e. The highest BCUT2D eigenvalue weighted by Gasteiger charge is 2.17. The van der Waals surface area contributed by atoms with Crippen molar-refractivity contribution >= 4 is 11.8 Å². The predicted octanol–water partition coefficient (Wildman–Crippen LogP) is 1.28. The van der Waals surface area contributed by atoms with E-state index in [1.807, 2.05) is 6.92 Å². The monoisotopic (exact) mass is 207 g/mol. The number of hydrogen-bond acceptors (Lipinski definition) is 5. The summed E-state index contributed by atoms with van der Waals surface area (Å²) in [5.74, 6) is 7.41. The number of nitrogens with one attached hydrogen (secondary N) is 2. The van der Waals surface area contributed by atoms with E-state index < -0.39 is 0 Å². The zero-order valence-electron chi connectivity index (χ0n) is 8.95. The third-order valence-electron chi connectivity index (χ3n) is 2.88. The van der Waals surface area contributed by atoms with Gasteiger partial charge in [-0.15, -0.1) is 0 Å². The number of aryl methyl sites for hydroxylation is 1. The van der Waals surface area contributed by atoms with Crippen molar-refractivity contribution < 1.29 is 0 Å². The van der Waals surface area contributed by atoms with Gasteiger partial charge >= 0.3 is 0 Å². The van der Waals surface area contributed by atoms with E-state index in [-0.39, 0.29) is 0 Å². The predicted molar refractivity (Wildman–Crippen MR) is 60.4 cm³/mol. The average molecular weight is 207 g/mol. The molecule has 1 aromatic heterocycles. The van der Waals surface area contributed by atoms with Crippen LogP contribution < -0.4 is 16.6 Å². The van der Waals surface area contributed by atoms with Gasteiger partial charge in [0.1, 0.15) is 5.82 Å². The number of hydrogen-bond donors (Lipinski definition) is 3. The summed E-state index contributed by atoms with van der Waals surface area (Å²) in [4.78, 5) is 8.29. The van der Waals surface area contributed by atoms with Crippen molar-refractivity contribution in [3.8, 4) is 0 Å². The minimum atomic E-state index is 0.455. The third-order valence-corrected chi connectivity index (χ3v) is 2.88. The van der Waals surface area contributed by atoms with Crippen LogP contribution in [0.5, 0.6) is 0 Å². The number of nitrogen functional groups attached to an aromatic ring is 1. The molecule has 0 aliphatic heterocycles. The molecule has 0 spiro atoms. The van der Waals surface area contributed by atoms with Crippen molar-refractivity contribution in [3.63, 3.8) is 0 Å². The molecular formula is C10H17N5. The largest absolute Gasteiger partial charge is 0.369 e. The molecule has 0 atom stereocenters. The Hall–Kier alpha value is -1.36. The highest BCUT2D eigenvalue weighted by molar-refractivity contribution is 5.46. The standard InChI is InChI=1S/C10H17N5/c1-7-5-13-10(15-11)14-9(7)12-6-8-3-2-4-8/h5,8H,2-4,6,11H2,1H3,(H2,12,13,14,15). The lowest BCUT2D eigenvalue weighted by Gasteiger charge is -2.25. The number of nitrogens with two attached hydrogens (primary N) is 1. The van der Waals surface area contributed by atoms with E-state index in [1.165, 1.54) is 19.3 Å². The fourth-order valence-corrected chi connectivity index (χ4v) is 1.63. The first-order valence-corrected chi connectivity index (χ1v) is 5.33. The summed E-state index contributed by atoms with van der Waals surface area (Å²) < 4.78 is 0. The first-order chi connectivity index (χ1) is 7.29. The van der Waals surface area contributed by atoms with Crippen molar-refractivity contribution in [2.75, 3.05) is 17.3 Å². The first-order valence-electron chi connectivity index (χ1n) is 5.33. The zero-order valence-corrected chi connectivity index (χ0v) is 8.95. The second-order valence-corrected chi connectivity index (χ2v) is 4.05. The van der Waals surface area contributed by atoms with Crippen LogP contribution in [0.15, 0.2) is 6.20 Å². The molecule has 1 aliphatic carbocycles. The van der Waals surface area contributed by atoms with Gasteiger partial charge in [-0.05, 0) is 25.7 Å². The summed E-state index contributed by atoms with van der Waals surface area (Å²) in [6.07, 6.45) is 5.80. The van der Waals surface area contributed by atoms with Crippen LogP contribution in [-0.4, -0.2) is 16.5 Å². The summed E-state index contributed by atoms with van der Waals surface area (Å²) in [7, 11) is 0. The lowest BCUT2D eigenvalue weighted by molar-refractivity contribution is 0.333. The van der Waals surface area contributed by atoms with Gasteiger partial charge in [0.25, 0.3) is 0 Å². The van der Waals surface area contributed by atoms with Crippen LogP contribution in [0, 0.1) is 12.8 Å². The van der Waals surface area contributed by atoms with Gasteiger partial charge in [0.05, 0.1) is 0 Å². The molecule has 1 heterocycles. The van der Waals surface area contributed by atoms with Gasteiger partial charge in [-0.25, -0.2) is 10.8 Å². The van der Waals surface area contributed by atoms with E-state index in [2.05, 4.69) is 20.7 Å². The Bertz CT molecular complexity index is 335. The summed E-state index contributed by atoms with van der Waals surface area (Å²) in [5.41, 5.74) is 3.50. The molecule has 0 bridgehead atoms. The lowest BCUT2D eigenvalue weighted by Crippen LogP contribution is -2.22. The number of hydrazine groups is 1. The summed E-state index contributed by atoms with van der Waals surface area (Å²) >= 11 is 0. The summed E-state index contributed by atoms with van der Waals surface area (Å²) in [6, 6.07) is 0. The highest BCUT2D eigenvalue weighted by atomic mass is 15.3. The minimum absolute atomic E-state index is 0.455. The maximum absolute atomic E-state index is 5.26. The van der Waals surface area contributed by atoms with Gasteiger partial charge in [0, 0.05) is 18.3 Å². The van der Waals surface area contributed by atoms with Crippen LogP contribution in [-0.2, 0) is 0 Å².